The summed E-state index contributed by atoms with van der Waals surface area (Å²) >= 11 is 1.29. The molecular formula is C14H15N3O4S. The van der Waals surface area contributed by atoms with Crippen molar-refractivity contribution in [2.75, 3.05) is 4.72 Å². The predicted molar refractivity (Wildman–Crippen MR) is 84.9 cm³/mol. The van der Waals surface area contributed by atoms with E-state index in [2.05, 4.69) is 4.72 Å². The van der Waals surface area contributed by atoms with Gasteiger partial charge in [-0.2, -0.15) is 0 Å². The number of carboxylic acids is 1. The lowest BCUT2D eigenvalue weighted by atomic mass is 10.2. The zero-order valence-electron chi connectivity index (χ0n) is 11.9. The molecule has 0 aliphatic carbocycles. The monoisotopic (exact) mass is 321 g/mol. The van der Waals surface area contributed by atoms with Crippen LogP contribution in [0.25, 0.3) is 0 Å². The number of carboxylic acid groups (broad SMARTS) is 1. The van der Waals surface area contributed by atoms with Crippen molar-refractivity contribution in [3.8, 4) is 0 Å². The van der Waals surface area contributed by atoms with Crippen molar-refractivity contribution in [2.24, 2.45) is 7.05 Å². The van der Waals surface area contributed by atoms with Crippen LogP contribution in [0.3, 0.4) is 0 Å². The van der Waals surface area contributed by atoms with Crippen molar-refractivity contribution in [3.05, 3.63) is 62.9 Å². The molecule has 0 aliphatic heterocycles. The van der Waals surface area contributed by atoms with Gasteiger partial charge >= 0.3 is 11.7 Å². The molecule has 1 aromatic carbocycles. The molecule has 0 unspecified atom stereocenters. The largest absolute Gasteiger partial charge is 0.480 e. The molecule has 22 heavy (non-hydrogen) atoms. The second-order valence-corrected chi connectivity index (χ2v) is 5.38. The van der Waals surface area contributed by atoms with E-state index in [0.29, 0.717) is 10.3 Å². The maximum atomic E-state index is 12.1. The van der Waals surface area contributed by atoms with Crippen LogP contribution in [0.4, 0.5) is 5.69 Å². The predicted octanol–water partition coefficient (Wildman–Crippen LogP) is 0.892. The van der Waals surface area contributed by atoms with E-state index in [9.17, 15) is 14.4 Å². The van der Waals surface area contributed by atoms with Crippen LogP contribution in [0.5, 0.6) is 0 Å². The third-order valence-electron chi connectivity index (χ3n) is 2.89. The summed E-state index contributed by atoms with van der Waals surface area (Å²) in [6.45, 7) is -0.662. The minimum atomic E-state index is -1.24. The van der Waals surface area contributed by atoms with Gasteiger partial charge in [-0.05, 0) is 17.5 Å². The first kappa shape index (κ1) is 15.9. The Morgan fingerprint density at radius 1 is 1.27 bits per heavy atom. The fourth-order valence-corrected chi connectivity index (χ4v) is 2.57. The number of hydrogen-bond acceptors (Lipinski definition) is 5. The fourth-order valence-electron chi connectivity index (χ4n) is 1.84. The Labute approximate surface area is 130 Å². The number of nitrogens with zero attached hydrogens (tertiary/aromatic N) is 2. The van der Waals surface area contributed by atoms with Gasteiger partial charge in [0.1, 0.15) is 12.2 Å². The number of carbonyl (C=O) groups is 1. The molecule has 0 saturated carbocycles. The Hall–Kier alpha value is -2.48. The van der Waals surface area contributed by atoms with Gasteiger partial charge in [-0.15, -0.1) is 0 Å². The van der Waals surface area contributed by atoms with Crippen LogP contribution in [0.2, 0.25) is 0 Å². The fraction of sp³-hybridized carbons (Fsp3) is 0.214. The number of aryl methyl sites for hydroxylation is 1. The molecule has 0 radical (unpaired) electrons. The molecule has 2 rings (SSSR count). The van der Waals surface area contributed by atoms with Crippen molar-refractivity contribution in [1.29, 1.82) is 0 Å². The first-order valence-electron chi connectivity index (χ1n) is 6.43. The highest BCUT2D eigenvalue weighted by Gasteiger charge is 2.12. The molecule has 2 N–H and O–H groups in total. The second kappa shape index (κ2) is 6.99. The van der Waals surface area contributed by atoms with E-state index in [1.54, 1.807) is 0 Å². The summed E-state index contributed by atoms with van der Waals surface area (Å²) in [4.78, 5) is 34.7. The molecule has 0 aliphatic rings. The number of nitrogens with one attached hydrogen (secondary N) is 1. The quantitative estimate of drug-likeness (QED) is 0.768. The standard InChI is InChI=1S/C14H15N3O4S/c1-16-7-11(13(20)17(14(16)21)8-12(18)19)15-22-9-10-5-3-2-4-6-10/h2-7,15H,8-9H2,1H3,(H,18,19). The van der Waals surface area contributed by atoms with E-state index in [1.807, 2.05) is 30.3 Å². The van der Waals surface area contributed by atoms with Crippen molar-refractivity contribution in [3.63, 3.8) is 0 Å². The van der Waals surface area contributed by atoms with E-state index in [0.717, 1.165) is 5.56 Å². The maximum absolute atomic E-state index is 12.1. The van der Waals surface area contributed by atoms with Crippen LogP contribution < -0.4 is 16.0 Å². The van der Waals surface area contributed by atoms with Gasteiger partial charge in [0, 0.05) is 19.0 Å². The lowest BCUT2D eigenvalue weighted by Crippen LogP contribution is -2.41. The van der Waals surface area contributed by atoms with Gasteiger partial charge in [0.05, 0.1) is 0 Å². The summed E-state index contributed by atoms with van der Waals surface area (Å²) in [5.74, 6) is -0.615. The van der Waals surface area contributed by atoms with Crippen LogP contribution in [0.1, 0.15) is 5.56 Å². The Bertz CT molecular complexity index is 783. The van der Waals surface area contributed by atoms with Gasteiger partial charge in [-0.1, -0.05) is 30.3 Å². The summed E-state index contributed by atoms with van der Waals surface area (Å²) in [6.07, 6.45) is 1.36. The minimum absolute atomic E-state index is 0.171. The topological polar surface area (TPSA) is 93.3 Å². The molecule has 0 saturated heterocycles. The summed E-state index contributed by atoms with van der Waals surface area (Å²) in [7, 11) is 1.47. The van der Waals surface area contributed by atoms with Crippen LogP contribution in [0.15, 0.2) is 46.1 Å². The average Bonchev–Trinajstić information content (AvgIpc) is 2.49. The van der Waals surface area contributed by atoms with E-state index in [1.165, 1.54) is 29.8 Å². The van der Waals surface area contributed by atoms with Crippen LogP contribution in [-0.4, -0.2) is 20.2 Å². The van der Waals surface area contributed by atoms with E-state index < -0.39 is 23.8 Å². The summed E-state index contributed by atoms with van der Waals surface area (Å²) in [6, 6.07) is 9.67. The smallest absolute Gasteiger partial charge is 0.331 e. The van der Waals surface area contributed by atoms with Gasteiger partial charge in [0.25, 0.3) is 5.56 Å². The Morgan fingerprint density at radius 2 is 1.95 bits per heavy atom. The second-order valence-electron chi connectivity index (χ2n) is 4.60. The Kier molecular flexibility index (Phi) is 5.05. The Morgan fingerprint density at radius 3 is 2.59 bits per heavy atom. The average molecular weight is 321 g/mol. The summed E-state index contributed by atoms with van der Waals surface area (Å²) in [5, 5.41) is 8.79. The van der Waals surface area contributed by atoms with Gasteiger partial charge in [0.2, 0.25) is 0 Å². The summed E-state index contributed by atoms with van der Waals surface area (Å²) < 4.78 is 4.74. The van der Waals surface area contributed by atoms with E-state index >= 15 is 0 Å². The molecule has 116 valence electrons. The van der Waals surface area contributed by atoms with Crippen molar-refractivity contribution in [2.45, 2.75) is 12.3 Å². The molecule has 8 heteroatoms. The first-order chi connectivity index (χ1) is 10.5. The molecule has 0 atom stereocenters. The molecule has 7 nitrogen and oxygen atoms in total. The lowest BCUT2D eigenvalue weighted by Gasteiger charge is -2.10. The van der Waals surface area contributed by atoms with Gasteiger partial charge in [0.15, 0.2) is 0 Å². The van der Waals surface area contributed by atoms with Crippen molar-refractivity contribution in [1.82, 2.24) is 9.13 Å². The number of aromatic nitrogens is 2. The number of benzene rings is 1. The molecule has 0 bridgehead atoms. The van der Waals surface area contributed by atoms with Gasteiger partial charge in [-0.3, -0.25) is 9.59 Å². The van der Waals surface area contributed by atoms with Crippen molar-refractivity contribution >= 4 is 23.6 Å². The molecule has 2 aromatic rings. The van der Waals surface area contributed by atoms with E-state index in [-0.39, 0.29) is 5.69 Å². The first-order valence-corrected chi connectivity index (χ1v) is 7.41. The molecule has 1 heterocycles. The molecule has 0 amide bonds. The molecule has 0 spiro atoms. The Balaban J connectivity index is 2.17. The highest BCUT2D eigenvalue weighted by Crippen LogP contribution is 2.13. The van der Waals surface area contributed by atoms with Crippen LogP contribution >= 0.6 is 11.9 Å². The SMILES string of the molecule is Cn1cc(NSCc2ccccc2)c(=O)n(CC(=O)O)c1=O. The number of rotatable bonds is 6. The third-order valence-corrected chi connectivity index (χ3v) is 3.73. The molecule has 0 fully saturated rings. The lowest BCUT2D eigenvalue weighted by molar-refractivity contribution is -0.137. The normalized spacial score (nSPS) is 10.4. The zero-order valence-corrected chi connectivity index (χ0v) is 12.7. The molecular weight excluding hydrogens is 306 g/mol. The number of anilines is 1. The van der Waals surface area contributed by atoms with Crippen molar-refractivity contribution < 1.29 is 9.90 Å². The zero-order chi connectivity index (χ0) is 16.1. The highest BCUT2D eigenvalue weighted by molar-refractivity contribution is 7.99. The van der Waals surface area contributed by atoms with Gasteiger partial charge in [-0.25, -0.2) is 9.36 Å². The van der Waals surface area contributed by atoms with Crippen LogP contribution in [0, 0.1) is 0 Å². The minimum Gasteiger partial charge on any atom is -0.480 e. The third kappa shape index (κ3) is 3.79. The maximum Gasteiger partial charge on any atom is 0.331 e. The highest BCUT2D eigenvalue weighted by atomic mass is 32.2. The number of aliphatic carboxylic acids is 1. The van der Waals surface area contributed by atoms with Gasteiger partial charge < -0.3 is 14.4 Å². The molecule has 1 aromatic heterocycles. The summed E-state index contributed by atoms with van der Waals surface area (Å²) in [5.41, 5.74) is -0.0583. The van der Waals surface area contributed by atoms with Crippen LogP contribution in [-0.2, 0) is 24.1 Å². The van der Waals surface area contributed by atoms with E-state index in [4.69, 9.17) is 5.11 Å². The number of hydrogen-bond donors (Lipinski definition) is 2.